The van der Waals surface area contributed by atoms with Gasteiger partial charge in [0.25, 0.3) is 0 Å². The SMILES string of the molecule is Nc1cc(-c2ccc(O)cc2N)ccc1O. The summed E-state index contributed by atoms with van der Waals surface area (Å²) in [7, 11) is 0. The molecule has 0 fully saturated rings. The van der Waals surface area contributed by atoms with E-state index >= 15 is 0 Å². The lowest BCUT2D eigenvalue weighted by Crippen LogP contribution is -1.91. The van der Waals surface area contributed by atoms with Crippen LogP contribution in [0.15, 0.2) is 36.4 Å². The summed E-state index contributed by atoms with van der Waals surface area (Å²) in [4.78, 5) is 0. The number of rotatable bonds is 1. The third kappa shape index (κ3) is 1.72. The van der Waals surface area contributed by atoms with Crippen molar-refractivity contribution < 1.29 is 10.2 Å². The first-order chi connectivity index (χ1) is 7.58. The molecule has 0 bridgehead atoms. The average Bonchev–Trinajstić information content (AvgIpc) is 2.22. The smallest absolute Gasteiger partial charge is 0.138 e. The Morgan fingerprint density at radius 1 is 0.812 bits per heavy atom. The minimum atomic E-state index is 0.0427. The normalized spacial score (nSPS) is 10.2. The second-order valence-corrected chi connectivity index (χ2v) is 3.55. The molecule has 82 valence electrons. The van der Waals surface area contributed by atoms with Crippen LogP contribution in [0.25, 0.3) is 11.1 Å². The lowest BCUT2D eigenvalue weighted by molar-refractivity contribution is 0.475. The molecule has 16 heavy (non-hydrogen) atoms. The van der Waals surface area contributed by atoms with Gasteiger partial charge in [0.15, 0.2) is 0 Å². The van der Waals surface area contributed by atoms with Crippen molar-refractivity contribution in [2.75, 3.05) is 11.5 Å². The van der Waals surface area contributed by atoms with Crippen molar-refractivity contribution in [2.24, 2.45) is 0 Å². The van der Waals surface area contributed by atoms with Gasteiger partial charge in [0.1, 0.15) is 11.5 Å². The van der Waals surface area contributed by atoms with Crippen LogP contribution < -0.4 is 11.5 Å². The highest BCUT2D eigenvalue weighted by Crippen LogP contribution is 2.32. The number of nitrogens with two attached hydrogens (primary N) is 2. The zero-order valence-electron chi connectivity index (χ0n) is 8.51. The van der Waals surface area contributed by atoms with Crippen LogP contribution in [0.3, 0.4) is 0 Å². The van der Waals surface area contributed by atoms with Crippen LogP contribution in [-0.2, 0) is 0 Å². The Labute approximate surface area is 92.8 Å². The Kier molecular flexibility index (Phi) is 2.32. The maximum Gasteiger partial charge on any atom is 0.138 e. The van der Waals surface area contributed by atoms with E-state index in [-0.39, 0.29) is 11.5 Å². The Balaban J connectivity index is 2.54. The van der Waals surface area contributed by atoms with Gasteiger partial charge in [-0.15, -0.1) is 0 Å². The first-order valence-electron chi connectivity index (χ1n) is 4.75. The predicted octanol–water partition coefficient (Wildman–Crippen LogP) is 1.93. The van der Waals surface area contributed by atoms with E-state index in [1.165, 1.54) is 12.1 Å². The highest BCUT2D eigenvalue weighted by molar-refractivity contribution is 5.80. The highest BCUT2D eigenvalue weighted by Gasteiger charge is 2.05. The van der Waals surface area contributed by atoms with Crippen LogP contribution in [0.2, 0.25) is 0 Å². The minimum Gasteiger partial charge on any atom is -0.508 e. The quantitative estimate of drug-likeness (QED) is 0.433. The number of hydrogen-bond donors (Lipinski definition) is 4. The van der Waals surface area contributed by atoms with Crippen molar-refractivity contribution in [3.05, 3.63) is 36.4 Å². The Morgan fingerprint density at radius 3 is 2.19 bits per heavy atom. The fourth-order valence-corrected chi connectivity index (χ4v) is 1.54. The van der Waals surface area contributed by atoms with Crippen molar-refractivity contribution >= 4 is 11.4 Å². The number of anilines is 2. The molecule has 0 atom stereocenters. The van der Waals surface area contributed by atoms with E-state index in [1.807, 2.05) is 0 Å². The molecule has 0 saturated carbocycles. The topological polar surface area (TPSA) is 92.5 Å². The van der Waals surface area contributed by atoms with Crippen LogP contribution in [0, 0.1) is 0 Å². The van der Waals surface area contributed by atoms with Crippen LogP contribution in [0.1, 0.15) is 0 Å². The first-order valence-corrected chi connectivity index (χ1v) is 4.75. The van der Waals surface area contributed by atoms with Gasteiger partial charge in [0, 0.05) is 17.3 Å². The highest BCUT2D eigenvalue weighted by atomic mass is 16.3. The summed E-state index contributed by atoms with van der Waals surface area (Å²) in [6.45, 7) is 0. The van der Waals surface area contributed by atoms with Crippen LogP contribution in [-0.4, -0.2) is 10.2 Å². The molecule has 0 aliphatic heterocycles. The molecule has 4 nitrogen and oxygen atoms in total. The van der Waals surface area contributed by atoms with E-state index in [0.717, 1.165) is 11.1 Å². The molecule has 2 aromatic carbocycles. The van der Waals surface area contributed by atoms with Crippen molar-refractivity contribution in [3.8, 4) is 22.6 Å². The van der Waals surface area contributed by atoms with Gasteiger partial charge >= 0.3 is 0 Å². The Hall–Kier alpha value is -2.36. The molecule has 0 aliphatic rings. The van der Waals surface area contributed by atoms with Gasteiger partial charge < -0.3 is 21.7 Å². The molecule has 0 aliphatic carbocycles. The van der Waals surface area contributed by atoms with Crippen LogP contribution >= 0.6 is 0 Å². The zero-order chi connectivity index (χ0) is 11.7. The van der Waals surface area contributed by atoms with E-state index in [4.69, 9.17) is 11.5 Å². The number of aromatic hydroxyl groups is 2. The average molecular weight is 216 g/mol. The van der Waals surface area contributed by atoms with E-state index in [2.05, 4.69) is 0 Å². The summed E-state index contributed by atoms with van der Waals surface area (Å²) in [5.74, 6) is 0.161. The third-order valence-electron chi connectivity index (χ3n) is 2.37. The van der Waals surface area contributed by atoms with Gasteiger partial charge in [0.2, 0.25) is 0 Å². The number of phenols is 2. The third-order valence-corrected chi connectivity index (χ3v) is 2.37. The van der Waals surface area contributed by atoms with E-state index < -0.39 is 0 Å². The molecule has 6 N–H and O–H groups in total. The molecule has 2 rings (SSSR count). The minimum absolute atomic E-state index is 0.0427. The van der Waals surface area contributed by atoms with Gasteiger partial charge in [-0.05, 0) is 29.8 Å². The molecule has 0 aromatic heterocycles. The van der Waals surface area contributed by atoms with Gasteiger partial charge in [-0.3, -0.25) is 0 Å². The van der Waals surface area contributed by atoms with E-state index in [1.54, 1.807) is 24.3 Å². The fraction of sp³-hybridized carbons (Fsp3) is 0. The number of hydrogen-bond acceptors (Lipinski definition) is 4. The summed E-state index contributed by atoms with van der Waals surface area (Å²) < 4.78 is 0. The lowest BCUT2D eigenvalue weighted by Gasteiger charge is -2.08. The van der Waals surface area contributed by atoms with Gasteiger partial charge in [0.05, 0.1) is 5.69 Å². The lowest BCUT2D eigenvalue weighted by atomic mass is 10.0. The maximum atomic E-state index is 9.31. The molecule has 2 aromatic rings. The van der Waals surface area contributed by atoms with Crippen molar-refractivity contribution in [1.82, 2.24) is 0 Å². The molecule has 0 amide bonds. The van der Waals surface area contributed by atoms with E-state index in [9.17, 15) is 10.2 Å². The fourth-order valence-electron chi connectivity index (χ4n) is 1.54. The Bertz CT molecular complexity index is 539. The molecule has 0 unspecified atom stereocenters. The van der Waals surface area contributed by atoms with Crippen molar-refractivity contribution in [2.45, 2.75) is 0 Å². The molecule has 0 heterocycles. The van der Waals surface area contributed by atoms with E-state index in [0.29, 0.717) is 11.4 Å². The van der Waals surface area contributed by atoms with Crippen LogP contribution in [0.5, 0.6) is 11.5 Å². The Morgan fingerprint density at radius 2 is 1.56 bits per heavy atom. The van der Waals surface area contributed by atoms with Crippen molar-refractivity contribution in [1.29, 1.82) is 0 Å². The molecule has 0 radical (unpaired) electrons. The maximum absolute atomic E-state index is 9.31. The van der Waals surface area contributed by atoms with Crippen molar-refractivity contribution in [3.63, 3.8) is 0 Å². The second kappa shape index (κ2) is 3.66. The largest absolute Gasteiger partial charge is 0.508 e. The monoisotopic (exact) mass is 216 g/mol. The zero-order valence-corrected chi connectivity index (χ0v) is 8.51. The standard InChI is InChI=1S/C12H12N2O2/c13-10-6-8(15)2-3-9(10)7-1-4-12(16)11(14)5-7/h1-6,15-16H,13-14H2. The first kappa shape index (κ1) is 10.2. The van der Waals surface area contributed by atoms with Gasteiger partial charge in [-0.2, -0.15) is 0 Å². The summed E-state index contributed by atoms with van der Waals surface area (Å²) in [5, 5.41) is 18.5. The molecule has 0 saturated heterocycles. The summed E-state index contributed by atoms with van der Waals surface area (Å²) in [6.07, 6.45) is 0. The predicted molar refractivity (Wildman–Crippen MR) is 64.0 cm³/mol. The summed E-state index contributed by atoms with van der Waals surface area (Å²) in [5.41, 5.74) is 13.7. The number of nitrogen functional groups attached to an aromatic ring is 2. The number of phenolic OH excluding ortho intramolecular Hbond substituents is 2. The van der Waals surface area contributed by atoms with Crippen LogP contribution in [0.4, 0.5) is 11.4 Å². The van der Waals surface area contributed by atoms with Gasteiger partial charge in [-0.1, -0.05) is 6.07 Å². The molecule has 0 spiro atoms. The van der Waals surface area contributed by atoms with Gasteiger partial charge in [-0.25, -0.2) is 0 Å². The molecular formula is C12H12N2O2. The summed E-state index contributed by atoms with van der Waals surface area (Å²) >= 11 is 0. The molecule has 4 heteroatoms. The summed E-state index contributed by atoms with van der Waals surface area (Å²) in [6, 6.07) is 9.59. The second-order valence-electron chi connectivity index (χ2n) is 3.55. The number of benzene rings is 2. The molecular weight excluding hydrogens is 204 g/mol.